The number of hydrogen-bond donors (Lipinski definition) is 1. The molecule has 7 nitrogen and oxygen atoms in total. The van der Waals surface area contributed by atoms with Crippen LogP contribution in [0.3, 0.4) is 0 Å². The van der Waals surface area contributed by atoms with Gasteiger partial charge >= 0.3 is 5.97 Å². The van der Waals surface area contributed by atoms with Gasteiger partial charge in [0.15, 0.2) is 6.10 Å². The Kier molecular flexibility index (Phi) is 6.39. The lowest BCUT2D eigenvalue weighted by Crippen LogP contribution is -2.37. The van der Waals surface area contributed by atoms with Crippen molar-refractivity contribution < 1.29 is 14.3 Å². The second kappa shape index (κ2) is 9.14. The summed E-state index contributed by atoms with van der Waals surface area (Å²) in [6.45, 7) is 1.99. The molecular weight excluding hydrogens is 370 g/mol. The quantitative estimate of drug-likeness (QED) is 0.618. The van der Waals surface area contributed by atoms with Crippen LogP contribution in [-0.2, 0) is 34.2 Å². The molecule has 29 heavy (non-hydrogen) atoms. The summed E-state index contributed by atoms with van der Waals surface area (Å²) in [5, 5.41) is 8.04. The predicted molar refractivity (Wildman–Crippen MR) is 109 cm³/mol. The van der Waals surface area contributed by atoms with E-state index in [1.54, 1.807) is 24.3 Å². The van der Waals surface area contributed by atoms with Crippen LogP contribution in [0.1, 0.15) is 18.2 Å². The van der Waals surface area contributed by atoms with Crippen molar-refractivity contribution in [2.75, 3.05) is 6.54 Å². The zero-order valence-corrected chi connectivity index (χ0v) is 16.4. The first-order valence-electron chi connectivity index (χ1n) is 9.41. The monoisotopic (exact) mass is 393 g/mol. The molecule has 0 fully saturated rings. The van der Waals surface area contributed by atoms with Gasteiger partial charge in [-0.3, -0.25) is 14.4 Å². The number of amides is 1. The lowest BCUT2D eigenvalue weighted by Gasteiger charge is -2.14. The van der Waals surface area contributed by atoms with Gasteiger partial charge in [-0.25, -0.2) is 4.68 Å². The molecular formula is C22H23N3O4. The molecule has 7 heteroatoms. The first kappa shape index (κ1) is 20.3. The number of nitrogens with zero attached hydrogens (tertiary/aromatic N) is 2. The summed E-state index contributed by atoms with van der Waals surface area (Å²) in [6, 6.07) is 16.8. The summed E-state index contributed by atoms with van der Waals surface area (Å²) in [5.74, 6) is -0.931. The molecule has 150 valence electrons. The summed E-state index contributed by atoms with van der Waals surface area (Å²) in [6.07, 6.45) is -0.352. The van der Waals surface area contributed by atoms with E-state index in [9.17, 15) is 14.4 Å². The number of hydrogen-bond acceptors (Lipinski definition) is 5. The summed E-state index contributed by atoms with van der Waals surface area (Å²) in [7, 11) is 1.53. The van der Waals surface area contributed by atoms with E-state index in [1.807, 2.05) is 30.3 Å². The number of esters is 1. The molecule has 0 unspecified atom stereocenters. The van der Waals surface area contributed by atoms with Crippen molar-refractivity contribution in [1.82, 2.24) is 15.1 Å². The van der Waals surface area contributed by atoms with Gasteiger partial charge in [0, 0.05) is 19.0 Å². The first-order valence-corrected chi connectivity index (χ1v) is 9.41. The normalized spacial score (nSPS) is 11.8. The van der Waals surface area contributed by atoms with E-state index in [4.69, 9.17) is 4.74 Å². The Balaban J connectivity index is 1.58. The SMILES string of the molecule is C[C@@H](OC(=O)Cc1nn(C)c(=O)c2ccccc12)C(=O)NCCc1ccccc1. The van der Waals surface area contributed by atoms with Crippen molar-refractivity contribution in [1.29, 1.82) is 0 Å². The molecule has 0 saturated carbocycles. The van der Waals surface area contributed by atoms with E-state index in [2.05, 4.69) is 10.4 Å². The standard InChI is InChI=1S/C22H23N3O4/c1-15(21(27)23-13-12-16-8-4-3-5-9-16)29-20(26)14-19-17-10-6-7-11-18(17)22(28)25(2)24-19/h3-11,15H,12-14H2,1-2H3,(H,23,27)/t15-/m1/s1. The van der Waals surface area contributed by atoms with E-state index < -0.39 is 12.1 Å². The Labute approximate surface area is 168 Å². The number of aromatic nitrogens is 2. The van der Waals surface area contributed by atoms with Crippen molar-refractivity contribution in [3.8, 4) is 0 Å². The van der Waals surface area contributed by atoms with Gasteiger partial charge in [-0.15, -0.1) is 0 Å². The summed E-state index contributed by atoms with van der Waals surface area (Å²) < 4.78 is 6.46. The lowest BCUT2D eigenvalue weighted by molar-refractivity contribution is -0.154. The van der Waals surface area contributed by atoms with Crippen LogP contribution in [0, 0.1) is 0 Å². The van der Waals surface area contributed by atoms with Crippen LogP contribution in [0.4, 0.5) is 0 Å². The predicted octanol–water partition coefficient (Wildman–Crippen LogP) is 1.77. The van der Waals surface area contributed by atoms with Crippen molar-refractivity contribution in [3.05, 3.63) is 76.2 Å². The molecule has 1 amide bonds. The Bertz CT molecular complexity index is 1080. The number of benzene rings is 2. The average molecular weight is 393 g/mol. The fraction of sp³-hybridized carbons (Fsp3) is 0.273. The zero-order valence-electron chi connectivity index (χ0n) is 16.4. The van der Waals surface area contributed by atoms with Crippen LogP contribution in [0.15, 0.2) is 59.4 Å². The summed E-state index contributed by atoms with van der Waals surface area (Å²) in [5.41, 5.74) is 1.32. The Morgan fingerprint density at radius 2 is 1.72 bits per heavy atom. The third kappa shape index (κ3) is 5.07. The minimum Gasteiger partial charge on any atom is -0.452 e. The third-order valence-corrected chi connectivity index (χ3v) is 4.58. The first-order chi connectivity index (χ1) is 14.0. The molecule has 0 saturated heterocycles. The number of rotatable bonds is 7. The number of nitrogens with one attached hydrogen (secondary N) is 1. The number of carbonyl (C=O) groups excluding carboxylic acids is 2. The molecule has 3 aromatic rings. The Hall–Kier alpha value is -3.48. The molecule has 0 aliphatic heterocycles. The van der Waals surface area contributed by atoms with Gasteiger partial charge in [-0.1, -0.05) is 48.5 Å². The lowest BCUT2D eigenvalue weighted by atomic mass is 10.1. The molecule has 0 aliphatic carbocycles. The Morgan fingerprint density at radius 1 is 1.07 bits per heavy atom. The smallest absolute Gasteiger partial charge is 0.312 e. The van der Waals surface area contributed by atoms with Gasteiger partial charge in [0.05, 0.1) is 17.5 Å². The fourth-order valence-electron chi connectivity index (χ4n) is 3.05. The highest BCUT2D eigenvalue weighted by atomic mass is 16.5. The van der Waals surface area contributed by atoms with Crippen molar-refractivity contribution in [3.63, 3.8) is 0 Å². The van der Waals surface area contributed by atoms with E-state index in [0.29, 0.717) is 29.4 Å². The van der Waals surface area contributed by atoms with Crippen LogP contribution < -0.4 is 10.9 Å². The van der Waals surface area contributed by atoms with Gasteiger partial charge in [0.25, 0.3) is 11.5 Å². The fourth-order valence-corrected chi connectivity index (χ4v) is 3.05. The number of aryl methyl sites for hydroxylation is 1. The van der Waals surface area contributed by atoms with Crippen LogP contribution in [-0.4, -0.2) is 34.3 Å². The van der Waals surface area contributed by atoms with Gasteiger partial charge in [0.2, 0.25) is 0 Å². The maximum Gasteiger partial charge on any atom is 0.312 e. The van der Waals surface area contributed by atoms with E-state index in [-0.39, 0.29) is 17.9 Å². The van der Waals surface area contributed by atoms with E-state index >= 15 is 0 Å². The minimum absolute atomic E-state index is 0.129. The van der Waals surface area contributed by atoms with Crippen LogP contribution in [0.5, 0.6) is 0 Å². The second-order valence-corrected chi connectivity index (χ2v) is 6.76. The minimum atomic E-state index is -0.919. The highest BCUT2D eigenvalue weighted by Crippen LogP contribution is 2.14. The van der Waals surface area contributed by atoms with Crippen LogP contribution >= 0.6 is 0 Å². The molecule has 0 bridgehead atoms. The molecule has 1 heterocycles. The van der Waals surface area contributed by atoms with Crippen molar-refractivity contribution in [2.45, 2.75) is 25.9 Å². The second-order valence-electron chi connectivity index (χ2n) is 6.76. The zero-order chi connectivity index (χ0) is 20.8. The number of ether oxygens (including phenoxy) is 1. The van der Waals surface area contributed by atoms with Gasteiger partial charge in [0.1, 0.15) is 0 Å². The van der Waals surface area contributed by atoms with Gasteiger partial charge in [-0.05, 0) is 25.0 Å². The van der Waals surface area contributed by atoms with Crippen molar-refractivity contribution in [2.24, 2.45) is 7.05 Å². The maximum atomic E-state index is 12.3. The largest absolute Gasteiger partial charge is 0.452 e. The highest BCUT2D eigenvalue weighted by molar-refractivity contribution is 5.88. The van der Waals surface area contributed by atoms with E-state index in [0.717, 1.165) is 5.56 Å². The molecule has 1 N–H and O–H groups in total. The van der Waals surface area contributed by atoms with Crippen LogP contribution in [0.25, 0.3) is 10.8 Å². The third-order valence-electron chi connectivity index (χ3n) is 4.58. The number of carbonyl (C=O) groups is 2. The molecule has 3 rings (SSSR count). The molecule has 0 radical (unpaired) electrons. The summed E-state index contributed by atoms with van der Waals surface area (Å²) >= 11 is 0. The Morgan fingerprint density at radius 3 is 2.45 bits per heavy atom. The van der Waals surface area contributed by atoms with E-state index in [1.165, 1.54) is 18.7 Å². The molecule has 2 aromatic carbocycles. The average Bonchev–Trinajstić information content (AvgIpc) is 2.72. The molecule has 0 spiro atoms. The summed E-state index contributed by atoms with van der Waals surface area (Å²) in [4.78, 5) is 36.7. The van der Waals surface area contributed by atoms with Crippen molar-refractivity contribution >= 4 is 22.6 Å². The number of fused-ring (bicyclic) bond motifs is 1. The molecule has 1 atom stereocenters. The van der Waals surface area contributed by atoms with Crippen LogP contribution in [0.2, 0.25) is 0 Å². The highest BCUT2D eigenvalue weighted by Gasteiger charge is 2.19. The maximum absolute atomic E-state index is 12.3. The van der Waals surface area contributed by atoms with Gasteiger partial charge < -0.3 is 10.1 Å². The topological polar surface area (TPSA) is 90.3 Å². The van der Waals surface area contributed by atoms with Gasteiger partial charge in [-0.2, -0.15) is 5.10 Å². The molecule has 1 aromatic heterocycles. The molecule has 0 aliphatic rings.